The Morgan fingerprint density at radius 1 is 1.24 bits per heavy atom. The summed E-state index contributed by atoms with van der Waals surface area (Å²) in [5, 5.41) is 3.01. The number of rotatable bonds is 0. The molecule has 116 valence electrons. The summed E-state index contributed by atoms with van der Waals surface area (Å²) < 4.78 is 29.9. The van der Waals surface area contributed by atoms with Crippen LogP contribution < -0.4 is 10.1 Å². The highest BCUT2D eigenvalue weighted by atomic mass is 32.2. The minimum absolute atomic E-state index is 0.0650. The molecule has 0 bridgehead atoms. The van der Waals surface area contributed by atoms with E-state index in [1.807, 2.05) is 33.8 Å². The molecule has 3 rings (SSSR count). The second-order valence-corrected chi connectivity index (χ2v) is 5.75. The zero-order chi connectivity index (χ0) is 15.9. The summed E-state index contributed by atoms with van der Waals surface area (Å²) >= 11 is 0. The number of pyridine rings is 1. The van der Waals surface area contributed by atoms with Gasteiger partial charge >= 0.3 is 0 Å². The topological polar surface area (TPSA) is 68.3 Å². The summed E-state index contributed by atoms with van der Waals surface area (Å²) in [6, 6.07) is 1.66. The van der Waals surface area contributed by atoms with Gasteiger partial charge in [0.1, 0.15) is 5.75 Å². The van der Waals surface area contributed by atoms with Gasteiger partial charge in [0.2, 0.25) is 9.84 Å². The molecule has 2 aliphatic heterocycles. The summed E-state index contributed by atoms with van der Waals surface area (Å²) in [7, 11) is -3.37. The highest BCUT2D eigenvalue weighted by Crippen LogP contribution is 2.30. The Morgan fingerprint density at radius 2 is 1.95 bits per heavy atom. The Balaban J connectivity index is 0.000000510. The van der Waals surface area contributed by atoms with E-state index in [4.69, 9.17) is 4.74 Å². The predicted octanol–water partition coefficient (Wildman–Crippen LogP) is 2.77. The van der Waals surface area contributed by atoms with Crippen molar-refractivity contribution in [1.82, 2.24) is 10.3 Å². The van der Waals surface area contributed by atoms with Crippen molar-refractivity contribution in [2.75, 3.05) is 6.54 Å². The number of sulfone groups is 1. The molecule has 0 fully saturated rings. The number of hydrogen-bond donors (Lipinski definition) is 1. The van der Waals surface area contributed by atoms with Crippen LogP contribution in [0.4, 0.5) is 0 Å². The minimum Gasteiger partial charge on any atom is -0.452 e. The van der Waals surface area contributed by atoms with Gasteiger partial charge in [-0.25, -0.2) is 8.42 Å². The SMILES string of the molecule is CC.CC.O=S1(=O)Cc2ccncc2OC2=C1NCC=C2. The maximum absolute atomic E-state index is 12.1. The van der Waals surface area contributed by atoms with Crippen LogP contribution in [0.1, 0.15) is 33.3 Å². The average molecular weight is 310 g/mol. The first-order valence-electron chi connectivity index (χ1n) is 7.15. The second-order valence-electron chi connectivity index (χ2n) is 3.82. The van der Waals surface area contributed by atoms with Crippen LogP contribution in [0.2, 0.25) is 0 Å². The lowest BCUT2D eigenvalue weighted by Crippen LogP contribution is -2.26. The van der Waals surface area contributed by atoms with Gasteiger partial charge in [-0.3, -0.25) is 4.98 Å². The third-order valence-corrected chi connectivity index (χ3v) is 4.28. The molecular formula is C15H22N2O3S. The Kier molecular flexibility index (Phi) is 6.42. The normalized spacial score (nSPS) is 17.3. The summed E-state index contributed by atoms with van der Waals surface area (Å²) in [4.78, 5) is 3.94. The molecule has 1 aromatic heterocycles. The molecule has 0 spiro atoms. The molecule has 0 amide bonds. The molecule has 1 N–H and O–H groups in total. The number of allylic oxidation sites excluding steroid dienone is 1. The van der Waals surface area contributed by atoms with Gasteiger partial charge in [-0.15, -0.1) is 0 Å². The zero-order valence-electron chi connectivity index (χ0n) is 12.9. The first-order chi connectivity index (χ1) is 10.2. The van der Waals surface area contributed by atoms with Crippen molar-refractivity contribution in [2.24, 2.45) is 0 Å². The lowest BCUT2D eigenvalue weighted by molar-refractivity contribution is 0.431. The van der Waals surface area contributed by atoms with Gasteiger partial charge in [-0.2, -0.15) is 0 Å². The van der Waals surface area contributed by atoms with Crippen LogP contribution >= 0.6 is 0 Å². The summed E-state index contributed by atoms with van der Waals surface area (Å²) in [5.74, 6) is 0.766. The van der Waals surface area contributed by atoms with E-state index in [2.05, 4.69) is 10.3 Å². The molecule has 3 heterocycles. The second kappa shape index (κ2) is 7.83. The fourth-order valence-electron chi connectivity index (χ4n) is 1.84. The minimum atomic E-state index is -3.37. The Labute approximate surface area is 126 Å². The van der Waals surface area contributed by atoms with E-state index in [-0.39, 0.29) is 10.8 Å². The van der Waals surface area contributed by atoms with E-state index in [0.717, 1.165) is 0 Å². The van der Waals surface area contributed by atoms with Crippen molar-refractivity contribution < 1.29 is 13.2 Å². The highest BCUT2D eigenvalue weighted by Gasteiger charge is 2.29. The third kappa shape index (κ3) is 3.85. The summed E-state index contributed by atoms with van der Waals surface area (Å²) in [6.45, 7) is 8.50. The molecular weight excluding hydrogens is 288 g/mol. The van der Waals surface area contributed by atoms with Crippen molar-refractivity contribution in [3.8, 4) is 5.75 Å². The number of nitrogens with zero attached hydrogens (tertiary/aromatic N) is 1. The molecule has 0 unspecified atom stereocenters. The van der Waals surface area contributed by atoms with Crippen molar-refractivity contribution in [3.63, 3.8) is 0 Å². The summed E-state index contributed by atoms with van der Waals surface area (Å²) in [5.41, 5.74) is 0.629. The predicted molar refractivity (Wildman–Crippen MR) is 84.4 cm³/mol. The molecule has 0 aliphatic carbocycles. The molecule has 1 aromatic rings. The molecule has 0 saturated carbocycles. The number of dihydropyridines is 1. The van der Waals surface area contributed by atoms with E-state index in [1.54, 1.807) is 18.3 Å². The monoisotopic (exact) mass is 310 g/mol. The lowest BCUT2D eigenvalue weighted by atomic mass is 10.3. The van der Waals surface area contributed by atoms with E-state index < -0.39 is 9.84 Å². The van der Waals surface area contributed by atoms with Gasteiger partial charge < -0.3 is 10.1 Å². The van der Waals surface area contributed by atoms with Gasteiger partial charge in [-0.1, -0.05) is 33.8 Å². The fraction of sp³-hybridized carbons (Fsp3) is 0.400. The molecule has 0 atom stereocenters. The number of nitrogens with one attached hydrogen (secondary N) is 1. The standard InChI is InChI=1S/C11H10N2O3S.2C2H6/c14-17(15)7-8-3-5-12-6-10(8)16-9-2-1-4-13-11(9)17;2*1-2/h1-3,5-6,13H,4,7H2;2*1-2H3. The van der Waals surface area contributed by atoms with Gasteiger partial charge in [-0.05, 0) is 12.1 Å². The first-order valence-corrected chi connectivity index (χ1v) is 8.80. The number of ether oxygens (including phenoxy) is 1. The molecule has 5 nitrogen and oxygen atoms in total. The van der Waals surface area contributed by atoms with Crippen LogP contribution in [0.5, 0.6) is 5.75 Å². The van der Waals surface area contributed by atoms with Gasteiger partial charge in [0.15, 0.2) is 10.8 Å². The van der Waals surface area contributed by atoms with Crippen molar-refractivity contribution in [3.05, 3.63) is 47.0 Å². The molecule has 6 heteroatoms. The number of fused-ring (bicyclic) bond motifs is 1. The Hall–Kier alpha value is -1.82. The van der Waals surface area contributed by atoms with Crippen molar-refractivity contribution in [2.45, 2.75) is 33.4 Å². The maximum Gasteiger partial charge on any atom is 0.201 e. The van der Waals surface area contributed by atoms with Crippen LogP contribution in [-0.4, -0.2) is 19.9 Å². The van der Waals surface area contributed by atoms with Crippen LogP contribution in [0.3, 0.4) is 0 Å². The van der Waals surface area contributed by atoms with E-state index in [9.17, 15) is 8.42 Å². The molecule has 0 radical (unpaired) electrons. The van der Waals surface area contributed by atoms with Crippen LogP contribution in [0, 0.1) is 0 Å². The number of aromatic nitrogens is 1. The zero-order valence-corrected chi connectivity index (χ0v) is 13.7. The van der Waals surface area contributed by atoms with Gasteiger partial charge in [0.05, 0.1) is 11.9 Å². The quantitative estimate of drug-likeness (QED) is 0.798. The molecule has 0 saturated heterocycles. The average Bonchev–Trinajstić information content (AvgIpc) is 2.64. The van der Waals surface area contributed by atoms with Gasteiger partial charge in [0.25, 0.3) is 0 Å². The van der Waals surface area contributed by atoms with Crippen molar-refractivity contribution >= 4 is 9.84 Å². The van der Waals surface area contributed by atoms with E-state index >= 15 is 0 Å². The van der Waals surface area contributed by atoms with Crippen LogP contribution in [-0.2, 0) is 15.6 Å². The largest absolute Gasteiger partial charge is 0.452 e. The fourth-order valence-corrected chi connectivity index (χ4v) is 3.35. The lowest BCUT2D eigenvalue weighted by Gasteiger charge is -2.14. The molecule has 0 aromatic carbocycles. The van der Waals surface area contributed by atoms with Gasteiger partial charge in [0, 0.05) is 18.3 Å². The smallest absolute Gasteiger partial charge is 0.201 e. The third-order valence-electron chi connectivity index (χ3n) is 2.62. The Morgan fingerprint density at radius 3 is 2.67 bits per heavy atom. The van der Waals surface area contributed by atoms with Crippen LogP contribution in [0.15, 0.2) is 41.4 Å². The first kappa shape index (κ1) is 17.2. The van der Waals surface area contributed by atoms with E-state index in [0.29, 0.717) is 23.6 Å². The number of hydrogen-bond acceptors (Lipinski definition) is 5. The molecule has 21 heavy (non-hydrogen) atoms. The highest BCUT2D eigenvalue weighted by molar-refractivity contribution is 7.94. The molecule has 2 aliphatic rings. The van der Waals surface area contributed by atoms with E-state index in [1.165, 1.54) is 6.20 Å². The summed E-state index contributed by atoms with van der Waals surface area (Å²) in [6.07, 6.45) is 6.58. The van der Waals surface area contributed by atoms with Crippen LogP contribution in [0.25, 0.3) is 0 Å². The Bertz CT molecular complexity index is 634. The van der Waals surface area contributed by atoms with Crippen molar-refractivity contribution in [1.29, 1.82) is 0 Å². The maximum atomic E-state index is 12.1.